The van der Waals surface area contributed by atoms with Gasteiger partial charge < -0.3 is 10.1 Å². The highest BCUT2D eigenvalue weighted by atomic mass is 32.1. The second-order valence-electron chi connectivity index (χ2n) is 7.32. The SMILES string of the molecule is CCCNC(=O)Nc1sc2c(c1C(=O)OC(C)(C)C)C(C)CCC2. The number of aryl methyl sites for hydroxylation is 1. The van der Waals surface area contributed by atoms with Crippen molar-refractivity contribution in [3.63, 3.8) is 0 Å². The topological polar surface area (TPSA) is 67.4 Å². The molecular weight excluding hydrogens is 324 g/mol. The van der Waals surface area contributed by atoms with Crippen LogP contribution in [0.2, 0.25) is 0 Å². The number of amides is 2. The highest BCUT2D eigenvalue weighted by Gasteiger charge is 2.32. The molecule has 0 bridgehead atoms. The minimum Gasteiger partial charge on any atom is -0.456 e. The van der Waals surface area contributed by atoms with E-state index in [4.69, 9.17) is 4.74 Å². The van der Waals surface area contributed by atoms with Crippen molar-refractivity contribution in [3.05, 3.63) is 16.0 Å². The summed E-state index contributed by atoms with van der Waals surface area (Å²) >= 11 is 1.51. The maximum atomic E-state index is 12.8. The minimum absolute atomic E-state index is 0.270. The second kappa shape index (κ2) is 7.55. The Labute approximate surface area is 148 Å². The summed E-state index contributed by atoms with van der Waals surface area (Å²) in [4.78, 5) is 26.0. The smallest absolute Gasteiger partial charge is 0.341 e. The molecule has 2 N–H and O–H groups in total. The number of anilines is 1. The summed E-state index contributed by atoms with van der Waals surface area (Å²) in [5, 5.41) is 6.26. The predicted molar refractivity (Wildman–Crippen MR) is 98.2 cm³/mol. The zero-order valence-electron chi connectivity index (χ0n) is 15.2. The summed E-state index contributed by atoms with van der Waals surface area (Å²) < 4.78 is 5.60. The minimum atomic E-state index is -0.564. The van der Waals surface area contributed by atoms with Crippen molar-refractivity contribution in [2.75, 3.05) is 11.9 Å². The van der Waals surface area contributed by atoms with E-state index in [2.05, 4.69) is 17.6 Å². The van der Waals surface area contributed by atoms with Crippen molar-refractivity contribution in [3.8, 4) is 0 Å². The number of esters is 1. The normalized spacial score (nSPS) is 17.1. The van der Waals surface area contributed by atoms with Crippen LogP contribution in [0.4, 0.5) is 9.80 Å². The molecule has 6 heteroatoms. The summed E-state index contributed by atoms with van der Waals surface area (Å²) in [7, 11) is 0. The summed E-state index contributed by atoms with van der Waals surface area (Å²) in [5.41, 5.74) is 1.04. The Bertz CT molecular complexity index is 617. The molecule has 1 aliphatic carbocycles. The summed E-state index contributed by atoms with van der Waals surface area (Å²) in [5.74, 6) is -0.0405. The summed E-state index contributed by atoms with van der Waals surface area (Å²) in [6.45, 7) is 10.3. The van der Waals surface area contributed by atoms with Crippen molar-refractivity contribution in [2.24, 2.45) is 0 Å². The Balaban J connectivity index is 2.35. The van der Waals surface area contributed by atoms with Crippen molar-refractivity contribution in [2.45, 2.75) is 71.8 Å². The van der Waals surface area contributed by atoms with Crippen LogP contribution >= 0.6 is 11.3 Å². The van der Waals surface area contributed by atoms with Crippen LogP contribution in [0.25, 0.3) is 0 Å². The molecule has 0 aliphatic heterocycles. The Kier molecular flexibility index (Phi) is 5.91. The lowest BCUT2D eigenvalue weighted by Crippen LogP contribution is -2.30. The molecule has 1 aromatic rings. The zero-order chi connectivity index (χ0) is 17.9. The third kappa shape index (κ3) is 4.50. The fraction of sp³-hybridized carbons (Fsp3) is 0.667. The van der Waals surface area contributed by atoms with Gasteiger partial charge in [0.1, 0.15) is 10.6 Å². The van der Waals surface area contributed by atoms with Gasteiger partial charge in [0.05, 0.1) is 5.56 Å². The maximum absolute atomic E-state index is 12.8. The van der Waals surface area contributed by atoms with Gasteiger partial charge in [-0.3, -0.25) is 5.32 Å². The lowest BCUT2D eigenvalue weighted by Gasteiger charge is -2.23. The van der Waals surface area contributed by atoms with Gasteiger partial charge in [-0.15, -0.1) is 11.3 Å². The van der Waals surface area contributed by atoms with Crippen molar-refractivity contribution >= 4 is 28.3 Å². The molecule has 0 saturated carbocycles. The van der Waals surface area contributed by atoms with E-state index in [0.29, 0.717) is 23.0 Å². The zero-order valence-corrected chi connectivity index (χ0v) is 16.1. The molecule has 0 radical (unpaired) electrons. The number of rotatable bonds is 4. The molecule has 0 saturated heterocycles. The van der Waals surface area contributed by atoms with Gasteiger partial charge in [0.25, 0.3) is 0 Å². The van der Waals surface area contributed by atoms with Gasteiger partial charge in [-0.1, -0.05) is 13.8 Å². The fourth-order valence-corrected chi connectivity index (χ4v) is 4.26. The highest BCUT2D eigenvalue weighted by Crippen LogP contribution is 2.44. The maximum Gasteiger partial charge on any atom is 0.341 e. The van der Waals surface area contributed by atoms with Crippen LogP contribution in [0.15, 0.2) is 0 Å². The average molecular weight is 353 g/mol. The number of nitrogens with one attached hydrogen (secondary N) is 2. The van der Waals surface area contributed by atoms with Gasteiger partial charge in [0.15, 0.2) is 0 Å². The lowest BCUT2D eigenvalue weighted by atomic mass is 9.86. The number of urea groups is 1. The molecule has 134 valence electrons. The van der Waals surface area contributed by atoms with Gasteiger partial charge in [-0.2, -0.15) is 0 Å². The Hall–Kier alpha value is -1.56. The number of carbonyl (C=O) groups excluding carboxylic acids is 2. The molecular formula is C18H28N2O3S. The van der Waals surface area contributed by atoms with Crippen molar-refractivity contribution in [1.29, 1.82) is 0 Å². The van der Waals surface area contributed by atoms with Gasteiger partial charge in [-0.25, -0.2) is 9.59 Å². The molecule has 1 aromatic heterocycles. The molecule has 24 heavy (non-hydrogen) atoms. The number of thiophene rings is 1. The third-order valence-corrected chi connectivity index (χ3v) is 5.10. The van der Waals surface area contributed by atoms with E-state index in [9.17, 15) is 9.59 Å². The molecule has 1 heterocycles. The van der Waals surface area contributed by atoms with Crippen LogP contribution in [0.5, 0.6) is 0 Å². The summed E-state index contributed by atoms with van der Waals surface area (Å²) in [6, 6.07) is -0.270. The molecule has 0 spiro atoms. The standard InChI is InChI=1S/C18H28N2O3S/c1-6-10-19-17(22)20-15-14(16(21)23-18(3,4)5)13-11(2)8-7-9-12(13)24-15/h11H,6-10H2,1-5H3,(H2,19,20,22). The third-order valence-electron chi connectivity index (χ3n) is 3.92. The first-order valence-corrected chi connectivity index (χ1v) is 9.48. The first-order chi connectivity index (χ1) is 11.2. The molecule has 2 rings (SSSR count). The largest absolute Gasteiger partial charge is 0.456 e. The monoisotopic (exact) mass is 352 g/mol. The highest BCUT2D eigenvalue weighted by molar-refractivity contribution is 7.17. The number of carbonyl (C=O) groups is 2. The van der Waals surface area contributed by atoms with Crippen LogP contribution in [0.1, 0.15) is 80.6 Å². The molecule has 0 aromatic carbocycles. The molecule has 1 atom stereocenters. The molecule has 2 amide bonds. The summed E-state index contributed by atoms with van der Waals surface area (Å²) in [6.07, 6.45) is 3.99. The first kappa shape index (κ1) is 18.8. The number of hydrogen-bond donors (Lipinski definition) is 2. The number of fused-ring (bicyclic) bond motifs is 1. The van der Waals surface area contributed by atoms with Crippen LogP contribution in [0, 0.1) is 0 Å². The van der Waals surface area contributed by atoms with Crippen LogP contribution in [-0.2, 0) is 11.2 Å². The Morgan fingerprint density at radius 1 is 1.33 bits per heavy atom. The number of hydrogen-bond acceptors (Lipinski definition) is 4. The van der Waals surface area contributed by atoms with E-state index in [1.807, 2.05) is 27.7 Å². The second-order valence-corrected chi connectivity index (χ2v) is 8.42. The van der Waals surface area contributed by atoms with Gasteiger partial charge in [0, 0.05) is 11.4 Å². The van der Waals surface area contributed by atoms with Gasteiger partial charge in [-0.05, 0) is 57.9 Å². The van der Waals surface area contributed by atoms with Crippen molar-refractivity contribution in [1.82, 2.24) is 5.32 Å². The molecule has 1 unspecified atom stereocenters. The molecule has 0 fully saturated rings. The Morgan fingerprint density at radius 2 is 2.04 bits per heavy atom. The van der Waals surface area contributed by atoms with E-state index >= 15 is 0 Å². The van der Waals surface area contributed by atoms with E-state index in [0.717, 1.165) is 31.2 Å². The predicted octanol–water partition coefficient (Wildman–Crippen LogP) is 4.67. The van der Waals surface area contributed by atoms with Crippen LogP contribution in [-0.4, -0.2) is 24.1 Å². The lowest BCUT2D eigenvalue weighted by molar-refractivity contribution is 0.00694. The van der Waals surface area contributed by atoms with Crippen LogP contribution < -0.4 is 10.6 Å². The Morgan fingerprint density at radius 3 is 2.67 bits per heavy atom. The van der Waals surface area contributed by atoms with E-state index < -0.39 is 5.60 Å². The first-order valence-electron chi connectivity index (χ1n) is 8.66. The van der Waals surface area contributed by atoms with Gasteiger partial charge in [0.2, 0.25) is 0 Å². The van der Waals surface area contributed by atoms with Crippen molar-refractivity contribution < 1.29 is 14.3 Å². The van der Waals surface area contributed by atoms with E-state index in [-0.39, 0.29) is 12.0 Å². The molecule has 5 nitrogen and oxygen atoms in total. The fourth-order valence-electron chi connectivity index (χ4n) is 2.92. The van der Waals surface area contributed by atoms with Crippen LogP contribution in [0.3, 0.4) is 0 Å². The quantitative estimate of drug-likeness (QED) is 0.774. The van der Waals surface area contributed by atoms with E-state index in [1.165, 1.54) is 16.2 Å². The average Bonchev–Trinajstić information content (AvgIpc) is 2.82. The van der Waals surface area contributed by atoms with E-state index in [1.54, 1.807) is 0 Å². The van der Waals surface area contributed by atoms with Gasteiger partial charge >= 0.3 is 12.0 Å². The number of ether oxygens (including phenoxy) is 1. The molecule has 1 aliphatic rings.